The van der Waals surface area contributed by atoms with Gasteiger partial charge in [-0.05, 0) is 36.8 Å². The number of carbonyl (C=O) groups excluding carboxylic acids is 1. The average molecular weight is 284 g/mol. The molecule has 2 aromatic carbocycles. The van der Waals surface area contributed by atoms with E-state index in [0.717, 1.165) is 17.0 Å². The first kappa shape index (κ1) is 15.1. The van der Waals surface area contributed by atoms with Crippen LogP contribution in [0.2, 0.25) is 0 Å². The summed E-state index contributed by atoms with van der Waals surface area (Å²) in [5, 5.41) is 2.90. The van der Waals surface area contributed by atoms with Gasteiger partial charge in [0.15, 0.2) is 0 Å². The summed E-state index contributed by atoms with van der Waals surface area (Å²) < 4.78 is 5.39. The van der Waals surface area contributed by atoms with E-state index in [1.165, 1.54) is 0 Å². The number of hydrogen-bond acceptors (Lipinski definition) is 3. The van der Waals surface area contributed by atoms with E-state index < -0.39 is 0 Å². The van der Waals surface area contributed by atoms with Crippen LogP contribution < -0.4 is 15.8 Å². The molecule has 21 heavy (non-hydrogen) atoms. The van der Waals surface area contributed by atoms with E-state index in [2.05, 4.69) is 5.32 Å². The molecule has 0 aliphatic carbocycles. The molecule has 3 N–H and O–H groups in total. The Kier molecular flexibility index (Phi) is 5.35. The summed E-state index contributed by atoms with van der Waals surface area (Å²) in [4.78, 5) is 12.2. The van der Waals surface area contributed by atoms with Crippen LogP contribution in [0.5, 0.6) is 5.75 Å². The third-order valence-corrected chi connectivity index (χ3v) is 3.20. The molecule has 1 atom stereocenters. The third-order valence-electron chi connectivity index (χ3n) is 3.20. The lowest BCUT2D eigenvalue weighted by molar-refractivity contribution is -0.117. The highest BCUT2D eigenvalue weighted by atomic mass is 16.5. The molecular formula is C17H20N2O2. The molecule has 0 bridgehead atoms. The minimum absolute atomic E-state index is 0.0307. The minimum Gasteiger partial charge on any atom is -0.492 e. The molecule has 0 spiro atoms. The Hall–Kier alpha value is -2.33. The molecule has 0 saturated carbocycles. The zero-order valence-corrected chi connectivity index (χ0v) is 12.1. The second-order valence-electron chi connectivity index (χ2n) is 4.78. The van der Waals surface area contributed by atoms with Gasteiger partial charge in [0.2, 0.25) is 5.91 Å². The standard InChI is InChI=1S/C17H20N2O2/c1-13(14-5-3-2-4-6-14)17(20)19-15-7-9-16(10-8-15)21-12-11-18/h2-10,13H,11-12,18H2,1H3,(H,19,20). The van der Waals surface area contributed by atoms with E-state index in [1.54, 1.807) is 0 Å². The molecule has 0 radical (unpaired) electrons. The summed E-state index contributed by atoms with van der Waals surface area (Å²) in [6.45, 7) is 2.85. The van der Waals surface area contributed by atoms with Gasteiger partial charge in [-0.15, -0.1) is 0 Å². The van der Waals surface area contributed by atoms with Gasteiger partial charge >= 0.3 is 0 Å². The highest BCUT2D eigenvalue weighted by Gasteiger charge is 2.14. The zero-order valence-electron chi connectivity index (χ0n) is 12.1. The first-order chi connectivity index (χ1) is 10.2. The zero-order chi connectivity index (χ0) is 15.1. The van der Waals surface area contributed by atoms with Gasteiger partial charge in [-0.2, -0.15) is 0 Å². The second kappa shape index (κ2) is 7.45. The van der Waals surface area contributed by atoms with Crippen LogP contribution in [0.4, 0.5) is 5.69 Å². The highest BCUT2D eigenvalue weighted by Crippen LogP contribution is 2.19. The molecule has 2 aromatic rings. The van der Waals surface area contributed by atoms with Gasteiger partial charge < -0.3 is 15.8 Å². The summed E-state index contributed by atoms with van der Waals surface area (Å²) in [5.74, 6) is 0.519. The predicted molar refractivity (Wildman–Crippen MR) is 84.5 cm³/mol. The van der Waals surface area contributed by atoms with Crippen molar-refractivity contribution in [2.45, 2.75) is 12.8 Å². The summed E-state index contributed by atoms with van der Waals surface area (Å²) in [6.07, 6.45) is 0. The van der Waals surface area contributed by atoms with Gasteiger partial charge in [-0.1, -0.05) is 30.3 Å². The van der Waals surface area contributed by atoms with E-state index in [4.69, 9.17) is 10.5 Å². The first-order valence-corrected chi connectivity index (χ1v) is 6.99. The Bertz CT molecular complexity index is 567. The topological polar surface area (TPSA) is 64.3 Å². The number of nitrogens with one attached hydrogen (secondary N) is 1. The molecule has 4 nitrogen and oxygen atoms in total. The smallest absolute Gasteiger partial charge is 0.231 e. The Morgan fingerprint density at radius 3 is 2.43 bits per heavy atom. The van der Waals surface area contributed by atoms with Gasteiger partial charge in [0.25, 0.3) is 0 Å². The van der Waals surface area contributed by atoms with Crippen LogP contribution >= 0.6 is 0 Å². The number of carbonyl (C=O) groups is 1. The molecule has 1 unspecified atom stereocenters. The van der Waals surface area contributed by atoms with Crippen LogP contribution in [-0.2, 0) is 4.79 Å². The quantitative estimate of drug-likeness (QED) is 0.857. The molecule has 0 aromatic heterocycles. The molecule has 0 heterocycles. The number of anilines is 1. The van der Waals surface area contributed by atoms with Crippen LogP contribution in [0.25, 0.3) is 0 Å². The Balaban J connectivity index is 1.96. The van der Waals surface area contributed by atoms with Crippen molar-refractivity contribution in [2.75, 3.05) is 18.5 Å². The number of amides is 1. The van der Waals surface area contributed by atoms with Crippen molar-refractivity contribution in [1.82, 2.24) is 0 Å². The van der Waals surface area contributed by atoms with Crippen LogP contribution in [0, 0.1) is 0 Å². The Morgan fingerprint density at radius 2 is 1.81 bits per heavy atom. The van der Waals surface area contributed by atoms with Gasteiger partial charge in [-0.25, -0.2) is 0 Å². The molecule has 0 aliphatic heterocycles. The average Bonchev–Trinajstić information content (AvgIpc) is 2.54. The third kappa shape index (κ3) is 4.33. The fraction of sp³-hybridized carbons (Fsp3) is 0.235. The van der Waals surface area contributed by atoms with Crippen molar-refractivity contribution >= 4 is 11.6 Å². The molecule has 1 amide bonds. The van der Waals surface area contributed by atoms with E-state index in [1.807, 2.05) is 61.5 Å². The Morgan fingerprint density at radius 1 is 1.14 bits per heavy atom. The van der Waals surface area contributed by atoms with Crippen LogP contribution in [-0.4, -0.2) is 19.1 Å². The molecule has 4 heteroatoms. The largest absolute Gasteiger partial charge is 0.492 e. The summed E-state index contributed by atoms with van der Waals surface area (Å²) in [6, 6.07) is 17.0. The molecular weight excluding hydrogens is 264 g/mol. The highest BCUT2D eigenvalue weighted by molar-refractivity contribution is 5.95. The number of hydrogen-bond donors (Lipinski definition) is 2. The van der Waals surface area contributed by atoms with E-state index in [-0.39, 0.29) is 11.8 Å². The summed E-state index contributed by atoms with van der Waals surface area (Å²) >= 11 is 0. The van der Waals surface area contributed by atoms with Crippen molar-refractivity contribution in [2.24, 2.45) is 5.73 Å². The van der Waals surface area contributed by atoms with Crippen LogP contribution in [0.3, 0.4) is 0 Å². The molecule has 2 rings (SSSR count). The van der Waals surface area contributed by atoms with Gasteiger partial charge in [0, 0.05) is 12.2 Å². The van der Waals surface area contributed by atoms with Crippen molar-refractivity contribution < 1.29 is 9.53 Å². The number of nitrogens with two attached hydrogens (primary N) is 1. The SMILES string of the molecule is CC(C(=O)Nc1ccc(OCCN)cc1)c1ccccc1. The molecule has 0 fully saturated rings. The van der Waals surface area contributed by atoms with Crippen molar-refractivity contribution in [3.8, 4) is 5.75 Å². The van der Waals surface area contributed by atoms with Crippen molar-refractivity contribution in [1.29, 1.82) is 0 Å². The second-order valence-corrected chi connectivity index (χ2v) is 4.78. The van der Waals surface area contributed by atoms with Gasteiger partial charge in [0.05, 0.1) is 5.92 Å². The van der Waals surface area contributed by atoms with Crippen LogP contribution in [0.15, 0.2) is 54.6 Å². The van der Waals surface area contributed by atoms with Gasteiger partial charge in [0.1, 0.15) is 12.4 Å². The number of benzene rings is 2. The lowest BCUT2D eigenvalue weighted by atomic mass is 10.0. The van der Waals surface area contributed by atoms with E-state index in [9.17, 15) is 4.79 Å². The van der Waals surface area contributed by atoms with Crippen LogP contribution in [0.1, 0.15) is 18.4 Å². The Labute approximate surface area is 124 Å². The molecule has 0 saturated heterocycles. The lowest BCUT2D eigenvalue weighted by Crippen LogP contribution is -2.18. The van der Waals surface area contributed by atoms with E-state index >= 15 is 0 Å². The monoisotopic (exact) mass is 284 g/mol. The maximum absolute atomic E-state index is 12.2. The van der Waals surface area contributed by atoms with E-state index in [0.29, 0.717) is 13.2 Å². The molecule has 0 aliphatic rings. The fourth-order valence-electron chi connectivity index (χ4n) is 1.95. The minimum atomic E-state index is -0.195. The lowest BCUT2D eigenvalue weighted by Gasteiger charge is -2.13. The summed E-state index contributed by atoms with van der Waals surface area (Å²) in [7, 11) is 0. The molecule has 110 valence electrons. The van der Waals surface area contributed by atoms with Crippen molar-refractivity contribution in [3.63, 3.8) is 0 Å². The predicted octanol–water partition coefficient (Wildman–Crippen LogP) is 2.77. The number of rotatable bonds is 6. The first-order valence-electron chi connectivity index (χ1n) is 6.99. The maximum atomic E-state index is 12.2. The van der Waals surface area contributed by atoms with Gasteiger partial charge in [-0.3, -0.25) is 4.79 Å². The fourth-order valence-corrected chi connectivity index (χ4v) is 1.95. The normalized spacial score (nSPS) is 11.7. The number of ether oxygens (including phenoxy) is 1. The summed E-state index contributed by atoms with van der Waals surface area (Å²) in [5.41, 5.74) is 7.13. The van der Waals surface area contributed by atoms with Crippen molar-refractivity contribution in [3.05, 3.63) is 60.2 Å². The maximum Gasteiger partial charge on any atom is 0.231 e.